The highest BCUT2D eigenvalue weighted by Crippen LogP contribution is 2.38. The fourth-order valence-corrected chi connectivity index (χ4v) is 5.17. The maximum absolute atomic E-state index is 12.5. The highest BCUT2D eigenvalue weighted by Gasteiger charge is 2.26. The van der Waals surface area contributed by atoms with Crippen LogP contribution < -0.4 is 10.0 Å². The van der Waals surface area contributed by atoms with E-state index in [1.54, 1.807) is 12.1 Å². The molecule has 0 radical (unpaired) electrons. The maximum atomic E-state index is 12.5. The van der Waals surface area contributed by atoms with E-state index < -0.39 is 16.1 Å². The van der Waals surface area contributed by atoms with E-state index in [0.29, 0.717) is 0 Å². The Labute approximate surface area is 166 Å². The zero-order valence-corrected chi connectivity index (χ0v) is 17.1. The molecule has 2 aromatic carbocycles. The van der Waals surface area contributed by atoms with Gasteiger partial charge in [-0.05, 0) is 108 Å². The first kappa shape index (κ1) is 17.8. The number of urea groups is 1. The summed E-state index contributed by atoms with van der Waals surface area (Å²) < 4.78 is 27.9. The third-order valence-corrected chi connectivity index (χ3v) is 7.13. The van der Waals surface area contributed by atoms with Crippen molar-refractivity contribution in [2.45, 2.75) is 43.4 Å². The number of amides is 2. The van der Waals surface area contributed by atoms with Gasteiger partial charge in [0.05, 0.1) is 4.90 Å². The van der Waals surface area contributed by atoms with Gasteiger partial charge in [-0.3, -0.25) is 0 Å². The summed E-state index contributed by atoms with van der Waals surface area (Å²) in [6, 6.07) is 7.97. The van der Waals surface area contributed by atoms with Gasteiger partial charge in [0.1, 0.15) is 0 Å². The number of nitrogens with one attached hydrogen (secondary N) is 2. The van der Waals surface area contributed by atoms with Gasteiger partial charge in [-0.15, -0.1) is 0 Å². The first-order valence-corrected chi connectivity index (χ1v) is 11.3. The van der Waals surface area contributed by atoms with Crippen LogP contribution in [0.1, 0.15) is 35.1 Å². The summed E-state index contributed by atoms with van der Waals surface area (Å²) in [5, 5.41) is 2.85. The zero-order chi connectivity index (χ0) is 18.3. The molecule has 0 spiro atoms. The monoisotopic (exact) mass is 482 g/mol. The highest BCUT2D eigenvalue weighted by atomic mass is 127. The molecule has 2 aliphatic carbocycles. The predicted octanol–water partition coefficient (Wildman–Crippen LogP) is 3.78. The number of halogens is 1. The van der Waals surface area contributed by atoms with E-state index in [-0.39, 0.29) is 4.90 Å². The Kier molecular flexibility index (Phi) is 4.68. The number of rotatable bonds is 3. The molecular formula is C19H19IN2O3S. The van der Waals surface area contributed by atoms with Gasteiger partial charge < -0.3 is 5.32 Å². The second-order valence-electron chi connectivity index (χ2n) is 6.75. The summed E-state index contributed by atoms with van der Waals surface area (Å²) in [5.74, 6) is 0. The number of carbonyl (C=O) groups excluding carboxylic acids is 1. The smallest absolute Gasteiger partial charge is 0.307 e. The van der Waals surface area contributed by atoms with Crippen molar-refractivity contribution in [3.63, 3.8) is 0 Å². The normalized spacial score (nSPS) is 15.4. The van der Waals surface area contributed by atoms with Crippen LogP contribution in [0.4, 0.5) is 10.5 Å². The Morgan fingerprint density at radius 1 is 0.923 bits per heavy atom. The van der Waals surface area contributed by atoms with Gasteiger partial charge in [-0.1, -0.05) is 6.07 Å². The predicted molar refractivity (Wildman–Crippen MR) is 109 cm³/mol. The molecule has 0 saturated carbocycles. The molecule has 0 unspecified atom stereocenters. The van der Waals surface area contributed by atoms with E-state index in [9.17, 15) is 13.2 Å². The number of benzene rings is 2. The van der Waals surface area contributed by atoms with Crippen LogP contribution in [0.15, 0.2) is 35.2 Å². The van der Waals surface area contributed by atoms with Gasteiger partial charge in [0.2, 0.25) is 0 Å². The van der Waals surface area contributed by atoms with Crippen molar-refractivity contribution >= 4 is 44.3 Å². The zero-order valence-electron chi connectivity index (χ0n) is 14.1. The first-order chi connectivity index (χ1) is 12.4. The number of aryl methyl sites for hydroxylation is 2. The van der Waals surface area contributed by atoms with Crippen LogP contribution >= 0.6 is 22.6 Å². The molecule has 7 heteroatoms. The molecule has 0 aliphatic heterocycles. The van der Waals surface area contributed by atoms with E-state index in [0.717, 1.165) is 47.8 Å². The van der Waals surface area contributed by atoms with Gasteiger partial charge in [0.15, 0.2) is 0 Å². The molecule has 2 N–H and O–H groups in total. The van der Waals surface area contributed by atoms with Crippen LogP contribution in [-0.2, 0) is 35.7 Å². The summed E-state index contributed by atoms with van der Waals surface area (Å²) in [7, 11) is -3.89. The molecule has 0 saturated heterocycles. The fourth-order valence-electron chi connectivity index (χ4n) is 3.90. The van der Waals surface area contributed by atoms with Crippen molar-refractivity contribution in [3.05, 3.63) is 56.2 Å². The molecule has 26 heavy (non-hydrogen) atoms. The van der Waals surface area contributed by atoms with Crippen LogP contribution in [-0.4, -0.2) is 14.4 Å². The number of fused-ring (bicyclic) bond motifs is 2. The van der Waals surface area contributed by atoms with Crippen LogP contribution in [0.2, 0.25) is 0 Å². The molecule has 2 aromatic rings. The minimum Gasteiger partial charge on any atom is -0.307 e. The molecule has 4 rings (SSSR count). The van der Waals surface area contributed by atoms with Crippen LogP contribution in [0, 0.1) is 3.57 Å². The first-order valence-electron chi connectivity index (χ1n) is 8.70. The molecule has 2 amide bonds. The average Bonchev–Trinajstić information content (AvgIpc) is 3.23. The summed E-state index contributed by atoms with van der Waals surface area (Å²) in [6.07, 6.45) is 6.08. The number of hydrogen-bond donors (Lipinski definition) is 2. The topological polar surface area (TPSA) is 75.3 Å². The quantitative estimate of drug-likeness (QED) is 0.655. The maximum Gasteiger partial charge on any atom is 0.333 e. The van der Waals surface area contributed by atoms with Gasteiger partial charge in [-0.25, -0.2) is 17.9 Å². The van der Waals surface area contributed by atoms with Crippen LogP contribution in [0.25, 0.3) is 0 Å². The molecular weight excluding hydrogens is 463 g/mol. The number of hydrogen-bond acceptors (Lipinski definition) is 3. The van der Waals surface area contributed by atoms with Crippen molar-refractivity contribution < 1.29 is 13.2 Å². The molecule has 5 nitrogen and oxygen atoms in total. The Morgan fingerprint density at radius 3 is 2.08 bits per heavy atom. The molecule has 136 valence electrons. The van der Waals surface area contributed by atoms with Gasteiger partial charge >= 0.3 is 6.03 Å². The second-order valence-corrected chi connectivity index (χ2v) is 9.68. The Hall–Kier alpha value is -1.61. The number of sulfonamides is 1. The fraction of sp³-hybridized carbons (Fsp3) is 0.316. The Bertz CT molecular complexity index is 953. The van der Waals surface area contributed by atoms with E-state index in [1.807, 2.05) is 0 Å². The molecule has 0 aromatic heterocycles. The average molecular weight is 482 g/mol. The summed E-state index contributed by atoms with van der Waals surface area (Å²) in [6.45, 7) is 0. The van der Waals surface area contributed by atoms with Gasteiger partial charge in [0, 0.05) is 9.26 Å². The molecule has 0 heterocycles. The Morgan fingerprint density at radius 2 is 1.50 bits per heavy atom. The summed E-state index contributed by atoms with van der Waals surface area (Å²) >= 11 is 2.10. The number of carbonyl (C=O) groups is 1. The van der Waals surface area contributed by atoms with Crippen molar-refractivity contribution in [1.29, 1.82) is 0 Å². The summed E-state index contributed by atoms with van der Waals surface area (Å²) in [5.41, 5.74) is 5.77. The van der Waals surface area contributed by atoms with E-state index in [1.165, 1.54) is 34.4 Å². The lowest BCUT2D eigenvalue weighted by Gasteiger charge is -2.16. The van der Waals surface area contributed by atoms with Crippen LogP contribution in [0.5, 0.6) is 0 Å². The molecule has 0 atom stereocenters. The highest BCUT2D eigenvalue weighted by molar-refractivity contribution is 14.1. The Balaban J connectivity index is 1.59. The van der Waals surface area contributed by atoms with Crippen molar-refractivity contribution in [1.82, 2.24) is 4.72 Å². The van der Waals surface area contributed by atoms with Gasteiger partial charge in [0.25, 0.3) is 10.0 Å². The van der Waals surface area contributed by atoms with Crippen molar-refractivity contribution in [2.24, 2.45) is 0 Å². The molecule has 2 aliphatic rings. The minimum absolute atomic E-state index is 0.0802. The number of anilines is 1. The standard InChI is InChI=1S/C19H19IN2O3S/c20-14-7-9-15(10-8-14)26(24,25)22-19(23)21-18-16-5-1-3-12(16)11-13-4-2-6-17(13)18/h7-11H,1-6H2,(H2,21,22,23). The lowest BCUT2D eigenvalue weighted by atomic mass is 9.99. The van der Waals surface area contributed by atoms with Crippen molar-refractivity contribution in [2.75, 3.05) is 5.32 Å². The summed E-state index contributed by atoms with van der Waals surface area (Å²) in [4.78, 5) is 12.5. The lowest BCUT2D eigenvalue weighted by Crippen LogP contribution is -2.35. The van der Waals surface area contributed by atoms with E-state index >= 15 is 0 Å². The van der Waals surface area contributed by atoms with Crippen molar-refractivity contribution in [3.8, 4) is 0 Å². The van der Waals surface area contributed by atoms with E-state index in [2.05, 4.69) is 38.7 Å². The molecule has 0 bridgehead atoms. The molecule has 0 fully saturated rings. The third-order valence-electron chi connectivity index (χ3n) is 5.06. The largest absolute Gasteiger partial charge is 0.333 e. The third kappa shape index (κ3) is 3.34. The minimum atomic E-state index is -3.89. The SMILES string of the molecule is O=C(Nc1c2c(cc3c1CCC3)CCC2)NS(=O)(=O)c1ccc(I)cc1. The van der Waals surface area contributed by atoms with E-state index in [4.69, 9.17) is 0 Å². The van der Waals surface area contributed by atoms with Gasteiger partial charge in [-0.2, -0.15) is 0 Å². The lowest BCUT2D eigenvalue weighted by molar-refractivity contribution is 0.256. The second kappa shape index (κ2) is 6.84. The van der Waals surface area contributed by atoms with Crippen LogP contribution in [0.3, 0.4) is 0 Å².